The van der Waals surface area contributed by atoms with Gasteiger partial charge in [-0.2, -0.15) is 9.57 Å². The van der Waals surface area contributed by atoms with Gasteiger partial charge in [-0.05, 0) is 43.4 Å². The van der Waals surface area contributed by atoms with Crippen LogP contribution in [0.3, 0.4) is 0 Å². The highest BCUT2D eigenvalue weighted by Gasteiger charge is 2.28. The zero-order valence-electron chi connectivity index (χ0n) is 13.9. The van der Waals surface area contributed by atoms with Crippen LogP contribution >= 0.6 is 11.8 Å². The smallest absolute Gasteiger partial charge is 0.243 e. The molecule has 1 fully saturated rings. The van der Waals surface area contributed by atoms with Crippen LogP contribution in [0.15, 0.2) is 34.2 Å². The topological polar surface area (TPSA) is 85.6 Å². The second-order valence-electron chi connectivity index (χ2n) is 5.66. The summed E-state index contributed by atoms with van der Waals surface area (Å²) in [5.74, 6) is 0. The average molecular weight is 367 g/mol. The first-order valence-corrected chi connectivity index (χ1v) is 10.5. The summed E-state index contributed by atoms with van der Waals surface area (Å²) >= 11 is 1.31. The predicted molar refractivity (Wildman–Crippen MR) is 97.6 cm³/mol. The Morgan fingerprint density at radius 3 is 2.46 bits per heavy atom. The highest BCUT2D eigenvalue weighted by atomic mass is 32.2. The van der Waals surface area contributed by atoms with Crippen LogP contribution in [-0.4, -0.2) is 37.2 Å². The number of sulfonamides is 1. The van der Waals surface area contributed by atoms with Crippen LogP contribution in [0.2, 0.25) is 0 Å². The van der Waals surface area contributed by atoms with E-state index in [-0.39, 0.29) is 10.9 Å². The van der Waals surface area contributed by atoms with E-state index in [1.54, 1.807) is 37.6 Å². The molecule has 1 N–H and O–H groups in total. The van der Waals surface area contributed by atoms with Crippen molar-refractivity contribution in [1.82, 2.24) is 9.62 Å². The summed E-state index contributed by atoms with van der Waals surface area (Å²) in [6.45, 7) is 0. The molecule has 0 heterocycles. The van der Waals surface area contributed by atoms with Crippen LogP contribution in [0.1, 0.15) is 32.1 Å². The molecule has 2 rings (SSSR count). The maximum Gasteiger partial charge on any atom is 0.243 e. The summed E-state index contributed by atoms with van der Waals surface area (Å²) < 4.78 is 27.0. The second kappa shape index (κ2) is 8.51. The van der Waals surface area contributed by atoms with Gasteiger partial charge in [0, 0.05) is 13.1 Å². The molecular weight excluding hydrogens is 344 g/mol. The highest BCUT2D eigenvalue weighted by Crippen LogP contribution is 2.27. The summed E-state index contributed by atoms with van der Waals surface area (Å²) in [4.78, 5) is 4.53. The van der Waals surface area contributed by atoms with Crippen LogP contribution in [-0.2, 0) is 10.0 Å². The Labute approximate surface area is 148 Å². The van der Waals surface area contributed by atoms with Crippen molar-refractivity contribution in [3.05, 3.63) is 24.3 Å². The third kappa shape index (κ3) is 4.50. The molecule has 0 aliphatic heterocycles. The van der Waals surface area contributed by atoms with Gasteiger partial charge in [0.25, 0.3) is 0 Å². The number of nitriles is 1. The molecule has 130 valence electrons. The SMILES string of the molecule is CSC(=Nc1ccc(S(=O)(=O)N(C)C2CCCCC2)cc1)NC#N. The van der Waals surface area contributed by atoms with Gasteiger partial charge in [0.1, 0.15) is 0 Å². The van der Waals surface area contributed by atoms with Crippen molar-refractivity contribution in [2.24, 2.45) is 4.99 Å². The third-order valence-corrected chi connectivity index (χ3v) is 6.69. The first-order chi connectivity index (χ1) is 11.5. The van der Waals surface area contributed by atoms with Gasteiger partial charge in [-0.15, -0.1) is 0 Å². The second-order valence-corrected chi connectivity index (χ2v) is 8.46. The molecule has 1 aliphatic rings. The molecule has 1 aliphatic carbocycles. The zero-order valence-corrected chi connectivity index (χ0v) is 15.5. The summed E-state index contributed by atoms with van der Waals surface area (Å²) in [5, 5.41) is 11.6. The number of hydrogen-bond donors (Lipinski definition) is 1. The Bertz CT molecular complexity index is 717. The fourth-order valence-electron chi connectivity index (χ4n) is 2.79. The monoisotopic (exact) mass is 366 g/mol. The van der Waals surface area contributed by atoms with Gasteiger partial charge in [0.2, 0.25) is 10.0 Å². The summed E-state index contributed by atoms with van der Waals surface area (Å²) in [6.07, 6.45) is 8.84. The van der Waals surface area contributed by atoms with Crippen LogP contribution in [0.5, 0.6) is 0 Å². The maximum atomic E-state index is 12.8. The Balaban J connectivity index is 2.18. The standard InChI is InChI=1S/C16H22N4O2S2/c1-20(14-6-4-3-5-7-14)24(21,22)15-10-8-13(9-11-15)19-16(23-2)18-12-17/h8-11,14H,3-7H2,1-2H3,(H,18,19). The number of aliphatic imine (C=N–C) groups is 1. The molecular formula is C16H22N4O2S2. The van der Waals surface area contributed by atoms with Crippen molar-refractivity contribution in [3.8, 4) is 6.19 Å². The van der Waals surface area contributed by atoms with Crippen molar-refractivity contribution in [2.75, 3.05) is 13.3 Å². The molecule has 0 unspecified atom stereocenters. The van der Waals surface area contributed by atoms with Gasteiger partial charge < -0.3 is 0 Å². The lowest BCUT2D eigenvalue weighted by atomic mass is 9.96. The Morgan fingerprint density at radius 1 is 1.29 bits per heavy atom. The maximum absolute atomic E-state index is 12.8. The number of nitrogens with one attached hydrogen (secondary N) is 1. The molecule has 0 saturated heterocycles. The minimum absolute atomic E-state index is 0.0874. The molecule has 24 heavy (non-hydrogen) atoms. The molecule has 0 aromatic heterocycles. The quantitative estimate of drug-likeness (QED) is 0.383. The predicted octanol–water partition coefficient (Wildman–Crippen LogP) is 3.06. The molecule has 1 aromatic rings. The van der Waals surface area contributed by atoms with Crippen molar-refractivity contribution in [1.29, 1.82) is 5.26 Å². The van der Waals surface area contributed by atoms with E-state index >= 15 is 0 Å². The lowest BCUT2D eigenvalue weighted by molar-refractivity contribution is 0.286. The first-order valence-electron chi connectivity index (χ1n) is 7.85. The van der Waals surface area contributed by atoms with E-state index in [1.165, 1.54) is 22.5 Å². The van der Waals surface area contributed by atoms with Gasteiger partial charge >= 0.3 is 0 Å². The Kier molecular flexibility index (Phi) is 6.66. The van der Waals surface area contributed by atoms with E-state index < -0.39 is 10.0 Å². The highest BCUT2D eigenvalue weighted by molar-refractivity contribution is 8.13. The van der Waals surface area contributed by atoms with Gasteiger partial charge in [-0.1, -0.05) is 31.0 Å². The minimum Gasteiger partial charge on any atom is -0.271 e. The fourth-order valence-corrected chi connectivity index (χ4v) is 4.55. The van der Waals surface area contributed by atoms with Crippen LogP contribution in [0.25, 0.3) is 0 Å². The fraction of sp³-hybridized carbons (Fsp3) is 0.500. The molecule has 0 radical (unpaired) electrons. The Morgan fingerprint density at radius 2 is 1.92 bits per heavy atom. The van der Waals surface area contributed by atoms with E-state index in [2.05, 4.69) is 10.3 Å². The molecule has 1 aromatic carbocycles. The molecule has 8 heteroatoms. The normalized spacial score (nSPS) is 16.8. The van der Waals surface area contributed by atoms with Crippen molar-refractivity contribution in [3.63, 3.8) is 0 Å². The number of thioether (sulfide) groups is 1. The number of rotatable bonds is 4. The number of hydrogen-bond acceptors (Lipinski definition) is 5. The van der Waals surface area contributed by atoms with Crippen molar-refractivity contribution in [2.45, 2.75) is 43.0 Å². The third-order valence-electron chi connectivity index (χ3n) is 4.19. The Hall–Kier alpha value is -1.56. The summed E-state index contributed by atoms with van der Waals surface area (Å²) in [7, 11) is -1.82. The largest absolute Gasteiger partial charge is 0.271 e. The summed E-state index contributed by atoms with van der Waals surface area (Å²) in [5.41, 5.74) is 0.598. The molecule has 0 atom stereocenters. The van der Waals surface area contributed by atoms with Crippen molar-refractivity contribution < 1.29 is 8.42 Å². The molecule has 0 amide bonds. The van der Waals surface area contributed by atoms with Crippen LogP contribution < -0.4 is 5.32 Å². The van der Waals surface area contributed by atoms with E-state index in [0.717, 1.165) is 25.7 Å². The molecule has 0 bridgehead atoms. The molecule has 6 nitrogen and oxygen atoms in total. The summed E-state index contributed by atoms with van der Waals surface area (Å²) in [6, 6.07) is 6.52. The van der Waals surface area contributed by atoms with E-state index in [0.29, 0.717) is 10.9 Å². The van der Waals surface area contributed by atoms with Gasteiger partial charge in [-0.3, -0.25) is 5.32 Å². The lowest BCUT2D eigenvalue weighted by Gasteiger charge is -2.30. The van der Waals surface area contributed by atoms with E-state index in [1.807, 2.05) is 6.19 Å². The van der Waals surface area contributed by atoms with Crippen LogP contribution in [0.4, 0.5) is 5.69 Å². The first kappa shape index (κ1) is 18.8. The molecule has 1 saturated carbocycles. The number of nitrogens with zero attached hydrogens (tertiary/aromatic N) is 3. The zero-order chi connectivity index (χ0) is 17.6. The number of benzene rings is 1. The molecule has 0 spiro atoms. The van der Waals surface area contributed by atoms with Gasteiger partial charge in [0.05, 0.1) is 10.6 Å². The van der Waals surface area contributed by atoms with E-state index in [9.17, 15) is 8.42 Å². The number of amidine groups is 1. The van der Waals surface area contributed by atoms with Gasteiger partial charge in [-0.25, -0.2) is 13.4 Å². The average Bonchev–Trinajstić information content (AvgIpc) is 2.61. The van der Waals surface area contributed by atoms with Crippen LogP contribution in [0, 0.1) is 11.5 Å². The van der Waals surface area contributed by atoms with E-state index in [4.69, 9.17) is 5.26 Å². The van der Waals surface area contributed by atoms with Gasteiger partial charge in [0.15, 0.2) is 11.4 Å². The lowest BCUT2D eigenvalue weighted by Crippen LogP contribution is -2.38. The minimum atomic E-state index is -3.49. The van der Waals surface area contributed by atoms with Crippen molar-refractivity contribution >= 4 is 32.6 Å².